The Hall–Kier alpha value is -0.781. The van der Waals surface area contributed by atoms with Gasteiger partial charge in [0.2, 0.25) is 0 Å². The van der Waals surface area contributed by atoms with Crippen molar-refractivity contribution in [1.82, 2.24) is 0 Å². The molecule has 0 radical (unpaired) electrons. The number of ether oxygens (including phenoxy) is 1. The molecule has 1 aromatic carbocycles. The van der Waals surface area contributed by atoms with Crippen LogP contribution in [0, 0.1) is 16.2 Å². The second-order valence-corrected chi connectivity index (χ2v) is 7.43. The Morgan fingerprint density at radius 1 is 1.35 bits per heavy atom. The first-order valence-electron chi connectivity index (χ1n) is 7.33. The third-order valence-corrected chi connectivity index (χ3v) is 4.29. The van der Waals surface area contributed by atoms with Crippen molar-refractivity contribution >= 4 is 19.4 Å². The van der Waals surface area contributed by atoms with Gasteiger partial charge in [0.05, 0.1) is 0 Å². The molecule has 0 saturated carbocycles. The van der Waals surface area contributed by atoms with E-state index in [1.807, 2.05) is 58.0 Å². The van der Waals surface area contributed by atoms with Crippen LogP contribution in [0.4, 0.5) is 0 Å². The number of benzene rings is 1. The molecule has 0 bridgehead atoms. The quantitative estimate of drug-likeness (QED) is 0.658. The molecule has 110 valence electrons. The topological polar surface area (TPSA) is 29.5 Å². The molecule has 1 N–H and O–H groups in total. The molecular weight excluding hydrogens is 315 g/mol. The Kier molecular flexibility index (Phi) is 6.63. The van der Waals surface area contributed by atoms with Gasteiger partial charge in [0, 0.05) is 0 Å². The van der Waals surface area contributed by atoms with E-state index in [-0.39, 0.29) is 26.8 Å². The first kappa shape index (κ1) is 15.6. The van der Waals surface area contributed by atoms with E-state index in [1.54, 1.807) is 0 Å². The Morgan fingerprint density at radius 3 is 2.55 bits per heavy atom. The van der Waals surface area contributed by atoms with Crippen LogP contribution in [0.3, 0.4) is 0 Å². The first-order valence-corrected chi connectivity index (χ1v) is 8.54. The number of rotatable bonds is 5. The minimum atomic E-state index is -1.34. The molecule has 2 nitrogen and oxygen atoms in total. The van der Waals surface area contributed by atoms with Crippen LogP contribution in [0.2, 0.25) is 0 Å². The van der Waals surface area contributed by atoms with Gasteiger partial charge in [-0.2, -0.15) is 0 Å². The zero-order chi connectivity index (χ0) is 15.9. The van der Waals surface area contributed by atoms with Crippen LogP contribution >= 0.6 is 0 Å². The Morgan fingerprint density at radius 2 is 2.00 bits per heavy atom. The van der Waals surface area contributed by atoms with E-state index in [0.717, 1.165) is 0 Å². The molecule has 0 aliphatic carbocycles. The van der Waals surface area contributed by atoms with Crippen LogP contribution in [-0.2, 0) is 4.74 Å². The molecule has 1 rings (SSSR count). The fraction of sp³-hybridized carbons (Fsp3) is 0.529. The molecule has 0 aliphatic rings. The molecule has 0 saturated heterocycles. The molecule has 20 heavy (non-hydrogen) atoms. The van der Waals surface area contributed by atoms with E-state index in [1.165, 1.54) is 4.46 Å². The van der Waals surface area contributed by atoms with Gasteiger partial charge >= 0.3 is 130 Å². The zero-order valence-electron chi connectivity index (χ0n) is 13.6. The molecule has 2 atom stereocenters. The minimum absolute atomic E-state index is 0.00263. The van der Waals surface area contributed by atoms with E-state index in [2.05, 4.69) is 10.7 Å². The summed E-state index contributed by atoms with van der Waals surface area (Å²) >= 11 is -0.00263. The second-order valence-electron chi connectivity index (χ2n) is 5.58. The van der Waals surface area contributed by atoms with E-state index in [9.17, 15) is 5.11 Å². The maximum absolute atomic E-state index is 10.2. The van der Waals surface area contributed by atoms with Gasteiger partial charge < -0.3 is 0 Å². The fourth-order valence-electron chi connectivity index (χ4n) is 1.43. The van der Waals surface area contributed by atoms with Crippen molar-refractivity contribution in [3.8, 4) is 10.7 Å². The first-order chi connectivity index (χ1) is 9.77. The second kappa shape index (κ2) is 8.49. The van der Waals surface area contributed by atoms with Crippen LogP contribution < -0.4 is 4.46 Å². The molecule has 0 amide bonds. The average molecular weight is 340 g/mol. The van der Waals surface area contributed by atoms with Crippen LogP contribution in [0.5, 0.6) is 0 Å². The summed E-state index contributed by atoms with van der Waals surface area (Å²) in [4.78, 5) is 3.07. The summed E-state index contributed by atoms with van der Waals surface area (Å²) in [5.74, 6) is 2.91. The van der Waals surface area contributed by atoms with Gasteiger partial charge in [0.1, 0.15) is 0 Å². The molecular formula is C17H24O2Se. The van der Waals surface area contributed by atoms with Crippen LogP contribution in [0.25, 0.3) is 0 Å². The molecule has 0 fully saturated rings. The van der Waals surface area contributed by atoms with Crippen molar-refractivity contribution in [3.05, 3.63) is 30.3 Å². The number of hydrogen-bond acceptors (Lipinski definition) is 2. The van der Waals surface area contributed by atoms with Crippen molar-refractivity contribution in [3.63, 3.8) is 0 Å². The van der Waals surface area contributed by atoms with Gasteiger partial charge in [-0.05, 0) is 0 Å². The van der Waals surface area contributed by atoms with E-state index < -0.39 is 12.2 Å². The van der Waals surface area contributed by atoms with Crippen LogP contribution in [0.1, 0.15) is 35.5 Å². The number of hydrogen-bond donors (Lipinski definition) is 1. The van der Waals surface area contributed by atoms with Gasteiger partial charge in [0.15, 0.2) is 0 Å². The zero-order valence-corrected chi connectivity index (χ0v) is 14.4. The van der Waals surface area contributed by atoms with Gasteiger partial charge in [-0.15, -0.1) is 0 Å². The van der Waals surface area contributed by atoms with Gasteiger partial charge in [0.25, 0.3) is 0 Å². The summed E-state index contributed by atoms with van der Waals surface area (Å²) in [6, 6.07) is 10.0. The summed E-state index contributed by atoms with van der Waals surface area (Å²) < 4.78 is 15.0. The average Bonchev–Trinajstić information content (AvgIpc) is 2.39. The summed E-state index contributed by atoms with van der Waals surface area (Å²) in [5, 5.41) is 10.2. The van der Waals surface area contributed by atoms with Crippen molar-refractivity contribution in [2.45, 2.75) is 46.3 Å². The molecule has 0 spiro atoms. The van der Waals surface area contributed by atoms with Gasteiger partial charge in [-0.1, -0.05) is 0 Å². The fourth-order valence-corrected chi connectivity index (χ4v) is 2.64. The molecule has 0 aromatic heterocycles. The molecule has 0 unspecified atom stereocenters. The number of aliphatic hydroxyl groups is 1. The monoisotopic (exact) mass is 341 g/mol. The number of aliphatic hydroxyl groups excluding tert-OH is 1. The molecule has 1 aromatic rings. The van der Waals surface area contributed by atoms with Gasteiger partial charge in [-0.3, -0.25) is 0 Å². The third kappa shape index (κ3) is 6.59. The SMILES string of the molecule is [2H][C@](C#C[Se]c1ccccc1)(C[C@H](O)C(C)(C)C)OCC. The van der Waals surface area contributed by atoms with Crippen molar-refractivity contribution in [2.75, 3.05) is 6.61 Å². The summed E-state index contributed by atoms with van der Waals surface area (Å²) in [6.07, 6.45) is -1.76. The van der Waals surface area contributed by atoms with Crippen molar-refractivity contribution < 1.29 is 11.2 Å². The summed E-state index contributed by atoms with van der Waals surface area (Å²) in [7, 11) is 0. The predicted octanol–water partition coefficient (Wildman–Crippen LogP) is 2.18. The van der Waals surface area contributed by atoms with Gasteiger partial charge in [-0.25, -0.2) is 0 Å². The molecule has 0 heterocycles. The Bertz CT molecular complexity index is 487. The van der Waals surface area contributed by atoms with E-state index in [4.69, 9.17) is 6.11 Å². The van der Waals surface area contributed by atoms with Crippen LogP contribution in [-0.4, -0.2) is 38.9 Å². The normalized spacial score (nSPS) is 16.6. The Balaban J connectivity index is 2.76. The molecule has 0 aliphatic heterocycles. The maximum atomic E-state index is 10.2. The van der Waals surface area contributed by atoms with E-state index >= 15 is 0 Å². The van der Waals surface area contributed by atoms with Crippen molar-refractivity contribution in [1.29, 1.82) is 0 Å². The standard InChI is InChI=1S/C17H24O2Se/c1-5-19-14(13-16(18)17(2,3)4)11-12-20-15-9-7-6-8-10-15/h6-10,14,16,18H,5,13H2,1-4H3/t14-,16-/m0/s1/i14D. The predicted molar refractivity (Wildman–Crippen MR) is 85.1 cm³/mol. The van der Waals surface area contributed by atoms with Crippen molar-refractivity contribution in [2.24, 2.45) is 5.41 Å². The summed E-state index contributed by atoms with van der Waals surface area (Å²) in [5.41, 5.74) is -0.282. The van der Waals surface area contributed by atoms with Crippen LogP contribution in [0.15, 0.2) is 30.3 Å². The Labute approximate surface area is 130 Å². The third-order valence-electron chi connectivity index (χ3n) is 2.80. The van der Waals surface area contributed by atoms with E-state index in [0.29, 0.717) is 6.61 Å². The summed E-state index contributed by atoms with van der Waals surface area (Å²) in [6.45, 7) is 8.10. The molecule has 3 heteroatoms.